The van der Waals surface area contributed by atoms with Crippen LogP contribution >= 0.6 is 0 Å². The van der Waals surface area contributed by atoms with Crippen molar-refractivity contribution in [1.82, 2.24) is 4.90 Å². The average Bonchev–Trinajstić information content (AvgIpc) is 2.87. The first kappa shape index (κ1) is 16.3. The topological polar surface area (TPSA) is 92.9 Å². The summed E-state index contributed by atoms with van der Waals surface area (Å²) < 4.78 is 5.08. The second-order valence-electron chi connectivity index (χ2n) is 5.68. The number of aromatic carboxylic acids is 1. The fourth-order valence-electron chi connectivity index (χ4n) is 2.88. The summed E-state index contributed by atoms with van der Waals surface area (Å²) >= 11 is 0. The number of hydrogen-bond donors (Lipinski definition) is 2. The summed E-state index contributed by atoms with van der Waals surface area (Å²) in [6.45, 7) is 3.22. The molecule has 1 fully saturated rings. The van der Waals surface area contributed by atoms with Crippen molar-refractivity contribution in [2.24, 2.45) is 11.7 Å². The number of likely N-dealkylation sites (tertiary alicyclic amines) is 1. The van der Waals surface area contributed by atoms with E-state index in [0.29, 0.717) is 30.3 Å². The maximum absolute atomic E-state index is 12.6. The fourth-order valence-corrected chi connectivity index (χ4v) is 2.88. The van der Waals surface area contributed by atoms with Crippen LogP contribution in [0.3, 0.4) is 0 Å². The number of nitrogens with zero attached hydrogens (tertiary/aromatic N) is 1. The lowest BCUT2D eigenvalue weighted by molar-refractivity contribution is 0.0696. The standard InChI is InChI=1S/C16H22N2O4/c1-3-4-10-8-18(9-14(10)17)15(19)11-5-12(16(20)21)7-13(6-11)22-2/h5-7,10,14H,3-4,8-9,17H2,1-2H3,(H,20,21)/t10-,14-/m1/s1. The van der Waals surface area contributed by atoms with Gasteiger partial charge in [-0.15, -0.1) is 0 Å². The number of nitrogens with two attached hydrogens (primary N) is 1. The Morgan fingerprint density at radius 3 is 2.59 bits per heavy atom. The van der Waals surface area contributed by atoms with E-state index in [1.54, 1.807) is 11.0 Å². The van der Waals surface area contributed by atoms with Gasteiger partial charge < -0.3 is 20.5 Å². The molecule has 22 heavy (non-hydrogen) atoms. The monoisotopic (exact) mass is 306 g/mol. The number of carboxylic acids is 1. The second kappa shape index (κ2) is 6.79. The number of benzene rings is 1. The second-order valence-corrected chi connectivity index (χ2v) is 5.68. The largest absolute Gasteiger partial charge is 0.497 e. The summed E-state index contributed by atoms with van der Waals surface area (Å²) in [6, 6.07) is 4.32. The minimum Gasteiger partial charge on any atom is -0.497 e. The van der Waals surface area contributed by atoms with Crippen LogP contribution in [0.4, 0.5) is 0 Å². The van der Waals surface area contributed by atoms with Crippen LogP contribution in [0.25, 0.3) is 0 Å². The van der Waals surface area contributed by atoms with E-state index in [1.165, 1.54) is 19.2 Å². The van der Waals surface area contributed by atoms with Crippen LogP contribution < -0.4 is 10.5 Å². The maximum atomic E-state index is 12.6. The lowest BCUT2D eigenvalue weighted by Gasteiger charge is -2.17. The Hall–Kier alpha value is -2.08. The van der Waals surface area contributed by atoms with Gasteiger partial charge >= 0.3 is 5.97 Å². The third kappa shape index (κ3) is 3.39. The molecule has 1 amide bonds. The van der Waals surface area contributed by atoms with E-state index in [2.05, 4.69) is 6.92 Å². The van der Waals surface area contributed by atoms with Crippen molar-refractivity contribution in [3.8, 4) is 5.75 Å². The van der Waals surface area contributed by atoms with Gasteiger partial charge in [-0.25, -0.2) is 4.79 Å². The molecule has 1 saturated heterocycles. The molecule has 1 aromatic carbocycles. The first-order valence-electron chi connectivity index (χ1n) is 7.43. The van der Waals surface area contributed by atoms with E-state index in [1.807, 2.05) is 0 Å². The van der Waals surface area contributed by atoms with Gasteiger partial charge in [-0.2, -0.15) is 0 Å². The summed E-state index contributed by atoms with van der Waals surface area (Å²) in [6.07, 6.45) is 2.02. The van der Waals surface area contributed by atoms with Crippen molar-refractivity contribution in [2.45, 2.75) is 25.8 Å². The van der Waals surface area contributed by atoms with E-state index < -0.39 is 5.97 Å². The van der Waals surface area contributed by atoms with Gasteiger partial charge in [-0.1, -0.05) is 13.3 Å². The molecule has 6 heteroatoms. The number of amides is 1. The molecule has 1 aliphatic heterocycles. The van der Waals surface area contributed by atoms with Crippen LogP contribution in [0.5, 0.6) is 5.75 Å². The van der Waals surface area contributed by atoms with Crippen molar-refractivity contribution < 1.29 is 19.4 Å². The first-order chi connectivity index (χ1) is 10.5. The molecule has 1 aliphatic rings. The van der Waals surface area contributed by atoms with E-state index in [9.17, 15) is 9.59 Å². The van der Waals surface area contributed by atoms with Crippen LogP contribution in [0.2, 0.25) is 0 Å². The van der Waals surface area contributed by atoms with Crippen molar-refractivity contribution in [3.05, 3.63) is 29.3 Å². The lowest BCUT2D eigenvalue weighted by Crippen LogP contribution is -2.32. The van der Waals surface area contributed by atoms with Gasteiger partial charge in [0.25, 0.3) is 5.91 Å². The molecule has 2 atom stereocenters. The van der Waals surface area contributed by atoms with Gasteiger partial charge in [-0.3, -0.25) is 4.79 Å². The Morgan fingerprint density at radius 1 is 1.32 bits per heavy atom. The molecule has 0 unspecified atom stereocenters. The van der Waals surface area contributed by atoms with Crippen LogP contribution in [-0.4, -0.2) is 48.1 Å². The smallest absolute Gasteiger partial charge is 0.335 e. The van der Waals surface area contributed by atoms with Crippen molar-refractivity contribution in [3.63, 3.8) is 0 Å². The molecule has 3 N–H and O–H groups in total. The number of rotatable bonds is 5. The van der Waals surface area contributed by atoms with Gasteiger partial charge in [-0.05, 0) is 30.5 Å². The van der Waals surface area contributed by atoms with Gasteiger partial charge in [0.05, 0.1) is 12.7 Å². The Labute approximate surface area is 129 Å². The molecule has 120 valence electrons. The average molecular weight is 306 g/mol. The minimum atomic E-state index is -1.09. The molecule has 2 rings (SSSR count). The molecule has 0 saturated carbocycles. The third-order valence-corrected chi connectivity index (χ3v) is 4.07. The van der Waals surface area contributed by atoms with E-state index in [-0.39, 0.29) is 17.5 Å². The van der Waals surface area contributed by atoms with Gasteiger partial charge in [0.15, 0.2) is 0 Å². The highest BCUT2D eigenvalue weighted by Crippen LogP contribution is 2.24. The van der Waals surface area contributed by atoms with Crippen LogP contribution in [0.15, 0.2) is 18.2 Å². The van der Waals surface area contributed by atoms with Crippen molar-refractivity contribution in [2.75, 3.05) is 20.2 Å². The Morgan fingerprint density at radius 2 is 2.00 bits per heavy atom. The molecule has 0 bridgehead atoms. The predicted molar refractivity (Wildman–Crippen MR) is 82.2 cm³/mol. The molecular formula is C16H22N2O4. The van der Waals surface area contributed by atoms with Gasteiger partial charge in [0, 0.05) is 24.7 Å². The summed E-state index contributed by atoms with van der Waals surface area (Å²) in [5.74, 6) is -0.624. The molecule has 0 spiro atoms. The van der Waals surface area contributed by atoms with E-state index in [4.69, 9.17) is 15.6 Å². The number of carbonyl (C=O) groups is 2. The molecule has 1 aromatic rings. The van der Waals surface area contributed by atoms with Crippen LogP contribution in [0.1, 0.15) is 40.5 Å². The highest BCUT2D eigenvalue weighted by atomic mass is 16.5. The molecule has 1 heterocycles. The Balaban J connectivity index is 2.22. The van der Waals surface area contributed by atoms with Crippen LogP contribution in [0, 0.1) is 5.92 Å². The Bertz CT molecular complexity index is 573. The highest BCUT2D eigenvalue weighted by molar-refractivity contribution is 5.98. The maximum Gasteiger partial charge on any atom is 0.335 e. The summed E-state index contributed by atoms with van der Waals surface area (Å²) in [7, 11) is 1.44. The molecule has 6 nitrogen and oxygen atoms in total. The summed E-state index contributed by atoms with van der Waals surface area (Å²) in [4.78, 5) is 25.5. The van der Waals surface area contributed by atoms with E-state index >= 15 is 0 Å². The number of hydrogen-bond acceptors (Lipinski definition) is 4. The van der Waals surface area contributed by atoms with Gasteiger partial charge in [0.1, 0.15) is 5.75 Å². The lowest BCUT2D eigenvalue weighted by atomic mass is 9.99. The van der Waals surface area contributed by atoms with Gasteiger partial charge in [0.2, 0.25) is 0 Å². The molecule has 0 aromatic heterocycles. The zero-order valence-corrected chi connectivity index (χ0v) is 12.9. The number of ether oxygens (including phenoxy) is 1. The fraction of sp³-hybridized carbons (Fsp3) is 0.500. The number of carboxylic acid groups (broad SMARTS) is 1. The normalized spacial score (nSPS) is 21.0. The third-order valence-electron chi connectivity index (χ3n) is 4.07. The highest BCUT2D eigenvalue weighted by Gasteiger charge is 2.33. The quantitative estimate of drug-likeness (QED) is 0.862. The molecule has 0 aliphatic carbocycles. The zero-order valence-electron chi connectivity index (χ0n) is 12.9. The minimum absolute atomic E-state index is 0.0200. The molecule has 0 radical (unpaired) electrons. The SMILES string of the molecule is CCC[C@@H]1CN(C(=O)c2cc(OC)cc(C(=O)O)c2)C[C@H]1N. The van der Waals surface area contributed by atoms with Crippen LogP contribution in [-0.2, 0) is 0 Å². The summed E-state index contributed by atoms with van der Waals surface area (Å²) in [5.41, 5.74) is 6.45. The predicted octanol–water partition coefficient (Wildman–Crippen LogP) is 1.59. The first-order valence-corrected chi connectivity index (χ1v) is 7.43. The summed E-state index contributed by atoms with van der Waals surface area (Å²) in [5, 5.41) is 9.13. The van der Waals surface area contributed by atoms with E-state index in [0.717, 1.165) is 12.8 Å². The zero-order chi connectivity index (χ0) is 16.3. The Kier molecular flexibility index (Phi) is 5.03. The van der Waals surface area contributed by atoms with Crippen molar-refractivity contribution in [1.29, 1.82) is 0 Å². The number of carbonyl (C=O) groups excluding carboxylic acids is 1. The van der Waals surface area contributed by atoms with Crippen molar-refractivity contribution >= 4 is 11.9 Å². The molecular weight excluding hydrogens is 284 g/mol. The number of methoxy groups -OCH3 is 1.